The molecule has 1 atom stereocenters. The predicted molar refractivity (Wildman–Crippen MR) is 217 cm³/mol. The number of oxazole rings is 1. The summed E-state index contributed by atoms with van der Waals surface area (Å²) in [7, 11) is -4.20. The molecule has 10 N–H and O–H groups in total. The molecule has 2 fully saturated rings. The fraction of sp³-hybridized carbons (Fsp3) is 0.658. The van der Waals surface area contributed by atoms with Crippen LogP contribution >= 0.6 is 7.60 Å². The molecule has 3 aromatic rings. The number of hydrogen-bond acceptors (Lipinski definition) is 13. The van der Waals surface area contributed by atoms with E-state index < -0.39 is 25.7 Å². The predicted octanol–water partition coefficient (Wildman–Crippen LogP) is 2.46. The van der Waals surface area contributed by atoms with Crippen molar-refractivity contribution in [2.24, 2.45) is 5.73 Å². The number of carbonyl (C=O) groups excluding carboxylic acids is 2. The second-order valence-corrected chi connectivity index (χ2v) is 16.7. The van der Waals surface area contributed by atoms with Gasteiger partial charge in [0.2, 0.25) is 17.8 Å². The molecule has 3 heterocycles. The van der Waals surface area contributed by atoms with E-state index in [1.807, 2.05) is 24.3 Å². The van der Waals surface area contributed by atoms with Gasteiger partial charge in [0.25, 0.3) is 0 Å². The van der Waals surface area contributed by atoms with Crippen molar-refractivity contribution in [3.8, 4) is 0 Å². The lowest BCUT2D eigenvalue weighted by molar-refractivity contribution is -0.123. The molecule has 310 valence electrons. The number of nitrogens with zero attached hydrogens (tertiary/aromatic N) is 4. The van der Waals surface area contributed by atoms with Gasteiger partial charge >= 0.3 is 7.60 Å². The molecular formula is C38H62N11O6P. The Hall–Kier alpha value is -3.70. The van der Waals surface area contributed by atoms with Gasteiger partial charge in [-0.05, 0) is 76.7 Å². The Kier molecular flexibility index (Phi) is 17.7. The van der Waals surface area contributed by atoms with Crippen molar-refractivity contribution in [2.45, 2.75) is 102 Å². The van der Waals surface area contributed by atoms with E-state index in [9.17, 15) is 14.2 Å². The number of amides is 2. The maximum atomic E-state index is 12.3. The SMILES string of the molecule is N[C@@H](CCC(=O)NCCN1CCC(Nc2nc(NCc3coc(CCCNCCCNC4CCCCC4)n3)nc3ccccc23)CC1)C(=O)NCCP(=O)(O)O. The monoisotopic (exact) mass is 799 g/mol. The topological polar surface area (TPSA) is 245 Å². The fourth-order valence-corrected chi connectivity index (χ4v) is 7.51. The summed E-state index contributed by atoms with van der Waals surface area (Å²) in [6.45, 7) is 6.23. The Balaban J connectivity index is 0.967. The van der Waals surface area contributed by atoms with E-state index in [1.54, 1.807) is 6.26 Å². The first kappa shape index (κ1) is 43.4. The molecule has 56 heavy (non-hydrogen) atoms. The number of hydrogen-bond donors (Lipinski definition) is 9. The summed E-state index contributed by atoms with van der Waals surface area (Å²) < 4.78 is 16.7. The number of rotatable bonds is 24. The minimum atomic E-state index is -4.20. The highest BCUT2D eigenvalue weighted by Gasteiger charge is 2.22. The highest BCUT2D eigenvalue weighted by atomic mass is 31.2. The summed E-state index contributed by atoms with van der Waals surface area (Å²) in [5, 5.41) is 20.5. The highest BCUT2D eigenvalue weighted by Crippen LogP contribution is 2.32. The van der Waals surface area contributed by atoms with Crippen LogP contribution in [0.5, 0.6) is 0 Å². The van der Waals surface area contributed by atoms with Gasteiger partial charge in [-0.1, -0.05) is 31.4 Å². The number of nitrogens with one attached hydrogen (secondary N) is 6. The molecule has 0 spiro atoms. The number of fused-ring (bicyclic) bond motifs is 1. The first-order valence-electron chi connectivity index (χ1n) is 20.3. The summed E-state index contributed by atoms with van der Waals surface area (Å²) in [6.07, 6.45) is 13.0. The van der Waals surface area contributed by atoms with Gasteiger partial charge in [-0.3, -0.25) is 14.2 Å². The maximum absolute atomic E-state index is 12.3. The van der Waals surface area contributed by atoms with Crippen LogP contribution in [0.25, 0.3) is 10.9 Å². The number of piperidine rings is 1. The molecule has 17 nitrogen and oxygen atoms in total. The molecule has 2 aliphatic rings. The highest BCUT2D eigenvalue weighted by molar-refractivity contribution is 7.51. The molecule has 0 unspecified atom stereocenters. The third-order valence-corrected chi connectivity index (χ3v) is 11.1. The molecule has 2 aromatic heterocycles. The average Bonchev–Trinajstić information content (AvgIpc) is 3.65. The van der Waals surface area contributed by atoms with Crippen LogP contribution in [0.15, 0.2) is 34.9 Å². The van der Waals surface area contributed by atoms with E-state index in [2.05, 4.69) is 41.8 Å². The Morgan fingerprint density at radius 2 is 1.71 bits per heavy atom. The Bertz CT molecular complexity index is 1690. The zero-order chi connectivity index (χ0) is 39.6. The molecule has 1 aliphatic carbocycles. The van der Waals surface area contributed by atoms with E-state index in [0.29, 0.717) is 25.6 Å². The van der Waals surface area contributed by atoms with E-state index in [1.165, 1.54) is 32.1 Å². The maximum Gasteiger partial charge on any atom is 0.327 e. The summed E-state index contributed by atoms with van der Waals surface area (Å²) in [6, 6.07) is 7.99. The summed E-state index contributed by atoms with van der Waals surface area (Å²) in [4.78, 5) is 58.7. The van der Waals surface area contributed by atoms with Crippen LogP contribution < -0.4 is 37.6 Å². The molecule has 0 bridgehead atoms. The number of anilines is 2. The Morgan fingerprint density at radius 1 is 0.929 bits per heavy atom. The molecule has 1 aromatic carbocycles. The van der Waals surface area contributed by atoms with Crippen LogP contribution in [0, 0.1) is 0 Å². The van der Waals surface area contributed by atoms with Crippen LogP contribution in [0.3, 0.4) is 0 Å². The second kappa shape index (κ2) is 22.9. The lowest BCUT2D eigenvalue weighted by atomic mass is 9.95. The van der Waals surface area contributed by atoms with Crippen molar-refractivity contribution < 1.29 is 28.4 Å². The van der Waals surface area contributed by atoms with Gasteiger partial charge in [0, 0.05) is 63.0 Å². The zero-order valence-electron chi connectivity index (χ0n) is 32.5. The molecule has 5 rings (SSSR count). The number of aryl methyl sites for hydroxylation is 1. The molecule has 1 saturated carbocycles. The fourth-order valence-electron chi connectivity index (χ4n) is 7.11. The van der Waals surface area contributed by atoms with Crippen molar-refractivity contribution in [1.82, 2.24) is 41.1 Å². The number of likely N-dealkylation sites (tertiary alicyclic amines) is 1. The first-order valence-corrected chi connectivity index (χ1v) is 22.1. The smallest absolute Gasteiger partial charge is 0.327 e. The van der Waals surface area contributed by atoms with Gasteiger partial charge in [0.05, 0.1) is 30.0 Å². The van der Waals surface area contributed by atoms with Crippen LogP contribution in [-0.2, 0) is 27.1 Å². The quantitative estimate of drug-likeness (QED) is 0.0467. The van der Waals surface area contributed by atoms with Crippen LogP contribution in [0.2, 0.25) is 0 Å². The minimum absolute atomic E-state index is 0.0824. The van der Waals surface area contributed by atoms with Gasteiger partial charge in [-0.2, -0.15) is 4.98 Å². The van der Waals surface area contributed by atoms with Gasteiger partial charge in [-0.25, -0.2) is 9.97 Å². The van der Waals surface area contributed by atoms with Crippen molar-refractivity contribution in [3.05, 3.63) is 42.1 Å². The third-order valence-electron chi connectivity index (χ3n) is 10.3. The summed E-state index contributed by atoms with van der Waals surface area (Å²) >= 11 is 0. The van der Waals surface area contributed by atoms with E-state index in [-0.39, 0.29) is 31.3 Å². The molecule has 0 radical (unpaired) electrons. The van der Waals surface area contributed by atoms with Crippen molar-refractivity contribution in [3.63, 3.8) is 0 Å². The number of benzene rings is 1. The minimum Gasteiger partial charge on any atom is -0.449 e. The molecule has 18 heteroatoms. The molecule has 1 saturated heterocycles. The molecule has 1 aliphatic heterocycles. The number of aromatic nitrogens is 3. The second-order valence-electron chi connectivity index (χ2n) is 14.9. The molecular weight excluding hydrogens is 737 g/mol. The Labute approximate surface area is 329 Å². The van der Waals surface area contributed by atoms with Gasteiger partial charge in [0.1, 0.15) is 12.1 Å². The lowest BCUT2D eigenvalue weighted by Crippen LogP contribution is -2.43. The third kappa shape index (κ3) is 15.7. The van der Waals surface area contributed by atoms with Gasteiger partial charge < -0.3 is 56.7 Å². The van der Waals surface area contributed by atoms with Crippen LogP contribution in [-0.4, -0.2) is 118 Å². The van der Waals surface area contributed by atoms with Crippen molar-refractivity contribution in [2.75, 3.05) is 69.2 Å². The summed E-state index contributed by atoms with van der Waals surface area (Å²) in [5.74, 6) is 1.31. The van der Waals surface area contributed by atoms with Gasteiger partial charge in [0.15, 0.2) is 5.89 Å². The van der Waals surface area contributed by atoms with Crippen molar-refractivity contribution in [1.29, 1.82) is 0 Å². The number of nitrogens with two attached hydrogens (primary N) is 1. The van der Waals surface area contributed by atoms with E-state index >= 15 is 0 Å². The van der Waals surface area contributed by atoms with E-state index in [0.717, 1.165) is 99.2 Å². The summed E-state index contributed by atoms with van der Waals surface area (Å²) in [5.41, 5.74) is 7.48. The normalized spacial score (nSPS) is 16.5. The van der Waals surface area contributed by atoms with Crippen LogP contribution in [0.4, 0.5) is 11.8 Å². The van der Waals surface area contributed by atoms with Gasteiger partial charge in [-0.15, -0.1) is 0 Å². The standard InChI is InChI=1S/C38H62N11O6P/c39-32(37(51)43-21-25-56(52,53)54)13-14-34(50)42-20-24-49-22-15-29(16-23-49)46-36-31-10-4-5-11-33(31)47-38(48-36)44-26-30-27-55-35(45-30)12-6-17-40-18-7-19-41-28-8-2-1-3-9-28/h4-5,10-11,27-29,32,40-41H,1-3,6-9,12-26,39H2,(H,42,50)(H,43,51)(H2,52,53,54)(H2,44,46,47,48)/t32-/m0/s1. The average molecular weight is 800 g/mol. The van der Waals surface area contributed by atoms with Crippen LogP contribution in [0.1, 0.15) is 82.2 Å². The number of carbonyl (C=O) groups is 2. The van der Waals surface area contributed by atoms with Crippen molar-refractivity contribution >= 4 is 42.1 Å². The number of para-hydroxylation sites is 1. The first-order chi connectivity index (χ1) is 27.1. The zero-order valence-corrected chi connectivity index (χ0v) is 33.4. The Morgan fingerprint density at radius 3 is 2.52 bits per heavy atom. The lowest BCUT2D eigenvalue weighted by Gasteiger charge is -2.32. The van der Waals surface area contributed by atoms with E-state index in [4.69, 9.17) is 29.9 Å². The molecule has 2 amide bonds. The largest absolute Gasteiger partial charge is 0.449 e.